The van der Waals surface area contributed by atoms with Gasteiger partial charge in [0.25, 0.3) is 0 Å². The van der Waals surface area contributed by atoms with E-state index < -0.39 is 0 Å². The summed E-state index contributed by atoms with van der Waals surface area (Å²) in [4.78, 5) is 11.9. The molecule has 80 valence electrons. The molecule has 0 amide bonds. The molecule has 1 spiro atoms. The van der Waals surface area contributed by atoms with E-state index >= 15 is 0 Å². The predicted molar refractivity (Wildman–Crippen MR) is 53.9 cm³/mol. The maximum Gasteiger partial charge on any atom is 0.311 e. The van der Waals surface area contributed by atoms with Crippen LogP contribution >= 0.6 is 0 Å². The van der Waals surface area contributed by atoms with Crippen molar-refractivity contribution in [1.82, 2.24) is 5.32 Å². The fourth-order valence-corrected chi connectivity index (χ4v) is 2.20. The molecule has 2 rings (SSSR count). The normalized spacial score (nSPS) is 29.2. The minimum absolute atomic E-state index is 0.0139. The van der Waals surface area contributed by atoms with Crippen LogP contribution < -0.4 is 5.32 Å². The summed E-state index contributed by atoms with van der Waals surface area (Å²) in [5.74, 6) is 0.0849. The van der Waals surface area contributed by atoms with E-state index in [1.54, 1.807) is 0 Å². The summed E-state index contributed by atoms with van der Waals surface area (Å²) in [5.41, 5.74) is -0.0852. The summed E-state index contributed by atoms with van der Waals surface area (Å²) >= 11 is 0. The Kier molecular flexibility index (Phi) is 2.11. The van der Waals surface area contributed by atoms with Gasteiger partial charge in [0.2, 0.25) is 0 Å². The highest BCUT2D eigenvalue weighted by molar-refractivity contribution is 5.75. The van der Waals surface area contributed by atoms with E-state index in [4.69, 9.17) is 4.74 Å². The minimum atomic E-state index is -0.351. The number of ether oxygens (including phenoxy) is 1. The Bertz CT molecular complexity index is 251. The molecular weight excluding hydrogens is 178 g/mol. The Balaban J connectivity index is 1.98. The van der Waals surface area contributed by atoms with Gasteiger partial charge in [-0.3, -0.25) is 4.79 Å². The Morgan fingerprint density at radius 1 is 1.43 bits per heavy atom. The van der Waals surface area contributed by atoms with Crippen molar-refractivity contribution >= 4 is 5.97 Å². The zero-order chi connectivity index (χ0) is 10.4. The Morgan fingerprint density at radius 3 is 2.57 bits per heavy atom. The maximum atomic E-state index is 11.9. The van der Waals surface area contributed by atoms with Crippen molar-refractivity contribution in [3.63, 3.8) is 0 Å². The van der Waals surface area contributed by atoms with Crippen molar-refractivity contribution in [3.05, 3.63) is 0 Å². The van der Waals surface area contributed by atoms with Crippen LogP contribution in [0.25, 0.3) is 0 Å². The highest BCUT2D eigenvalue weighted by atomic mass is 16.6. The number of carbonyl (C=O) groups is 1. The molecule has 1 aliphatic heterocycles. The van der Waals surface area contributed by atoms with Gasteiger partial charge >= 0.3 is 5.97 Å². The third-order valence-corrected chi connectivity index (χ3v) is 3.15. The fraction of sp³-hybridized carbons (Fsp3) is 0.909. The van der Waals surface area contributed by atoms with Crippen LogP contribution in [0.5, 0.6) is 0 Å². The van der Waals surface area contributed by atoms with Gasteiger partial charge in [0.1, 0.15) is 5.60 Å². The summed E-state index contributed by atoms with van der Waals surface area (Å²) in [6.07, 6.45) is 2.37. The average molecular weight is 197 g/mol. The standard InChI is InChI=1S/C11H19NO2/c1-10(2,3)14-9(13)8-6-12-7-11(8)4-5-11/h8,12H,4-7H2,1-3H3/t8-/m1/s1. The molecule has 2 fully saturated rings. The number of esters is 1. The maximum absolute atomic E-state index is 11.9. The first-order valence-corrected chi connectivity index (χ1v) is 5.37. The van der Waals surface area contributed by atoms with E-state index in [1.165, 1.54) is 12.8 Å². The van der Waals surface area contributed by atoms with Crippen LogP contribution in [0.15, 0.2) is 0 Å². The van der Waals surface area contributed by atoms with E-state index in [1.807, 2.05) is 20.8 Å². The van der Waals surface area contributed by atoms with Crippen LogP contribution in [-0.2, 0) is 9.53 Å². The molecule has 1 heterocycles. The van der Waals surface area contributed by atoms with E-state index in [9.17, 15) is 4.79 Å². The zero-order valence-electron chi connectivity index (χ0n) is 9.22. The molecule has 14 heavy (non-hydrogen) atoms. The molecule has 0 bridgehead atoms. The van der Waals surface area contributed by atoms with Crippen molar-refractivity contribution in [3.8, 4) is 0 Å². The number of carbonyl (C=O) groups excluding carboxylic acids is 1. The third kappa shape index (κ3) is 1.78. The molecule has 3 nitrogen and oxygen atoms in total. The van der Waals surface area contributed by atoms with Gasteiger partial charge in [0.15, 0.2) is 0 Å². The zero-order valence-corrected chi connectivity index (χ0v) is 9.22. The van der Waals surface area contributed by atoms with Crippen molar-refractivity contribution < 1.29 is 9.53 Å². The van der Waals surface area contributed by atoms with E-state index in [-0.39, 0.29) is 22.9 Å². The van der Waals surface area contributed by atoms with Gasteiger partial charge in [-0.05, 0) is 39.0 Å². The first-order chi connectivity index (χ1) is 6.43. The molecule has 1 N–H and O–H groups in total. The summed E-state index contributed by atoms with van der Waals surface area (Å²) in [7, 11) is 0. The van der Waals surface area contributed by atoms with Gasteiger partial charge in [-0.2, -0.15) is 0 Å². The predicted octanol–water partition coefficient (Wildman–Crippen LogP) is 1.33. The van der Waals surface area contributed by atoms with Crippen molar-refractivity contribution in [2.24, 2.45) is 11.3 Å². The number of hydrogen-bond acceptors (Lipinski definition) is 3. The van der Waals surface area contributed by atoms with Crippen LogP contribution in [-0.4, -0.2) is 24.7 Å². The van der Waals surface area contributed by atoms with Crippen molar-refractivity contribution in [1.29, 1.82) is 0 Å². The van der Waals surface area contributed by atoms with E-state index in [0.717, 1.165) is 13.1 Å². The quantitative estimate of drug-likeness (QED) is 0.644. The van der Waals surface area contributed by atoms with Crippen LogP contribution in [0.4, 0.5) is 0 Å². The number of nitrogens with one attached hydrogen (secondary N) is 1. The van der Waals surface area contributed by atoms with Crippen LogP contribution in [0, 0.1) is 11.3 Å². The largest absolute Gasteiger partial charge is 0.460 e. The van der Waals surface area contributed by atoms with Gasteiger partial charge in [0, 0.05) is 13.1 Å². The molecule has 1 aliphatic carbocycles. The first-order valence-electron chi connectivity index (χ1n) is 5.37. The van der Waals surface area contributed by atoms with Gasteiger partial charge in [-0.25, -0.2) is 0 Å². The Morgan fingerprint density at radius 2 is 2.07 bits per heavy atom. The molecular formula is C11H19NO2. The van der Waals surface area contributed by atoms with Gasteiger partial charge in [-0.1, -0.05) is 0 Å². The third-order valence-electron chi connectivity index (χ3n) is 3.15. The van der Waals surface area contributed by atoms with Gasteiger partial charge in [0.05, 0.1) is 5.92 Å². The topological polar surface area (TPSA) is 38.3 Å². The van der Waals surface area contributed by atoms with E-state index in [2.05, 4.69) is 5.32 Å². The summed E-state index contributed by atoms with van der Waals surface area (Å²) in [6.45, 7) is 7.57. The highest BCUT2D eigenvalue weighted by Gasteiger charge is 2.56. The molecule has 1 saturated heterocycles. The molecule has 1 atom stereocenters. The molecule has 0 aromatic heterocycles. The number of hydrogen-bond donors (Lipinski definition) is 1. The van der Waals surface area contributed by atoms with Gasteiger partial charge in [-0.15, -0.1) is 0 Å². The lowest BCUT2D eigenvalue weighted by molar-refractivity contribution is -0.161. The molecule has 0 aromatic rings. The number of rotatable bonds is 1. The average Bonchev–Trinajstić information content (AvgIpc) is 2.58. The van der Waals surface area contributed by atoms with Crippen molar-refractivity contribution in [2.75, 3.05) is 13.1 Å². The molecule has 0 unspecified atom stereocenters. The SMILES string of the molecule is CC(C)(C)OC(=O)[C@H]1CNCC12CC2. The lowest BCUT2D eigenvalue weighted by Gasteiger charge is -2.24. The van der Waals surface area contributed by atoms with Gasteiger partial charge < -0.3 is 10.1 Å². The first kappa shape index (κ1) is 9.97. The lowest BCUT2D eigenvalue weighted by atomic mass is 9.93. The molecule has 2 aliphatic rings. The lowest BCUT2D eigenvalue weighted by Crippen LogP contribution is -2.32. The summed E-state index contributed by atoms with van der Waals surface area (Å²) in [5, 5.41) is 3.29. The summed E-state index contributed by atoms with van der Waals surface area (Å²) < 4.78 is 5.42. The monoisotopic (exact) mass is 197 g/mol. The Hall–Kier alpha value is -0.570. The molecule has 1 saturated carbocycles. The smallest absolute Gasteiger partial charge is 0.311 e. The molecule has 3 heteroatoms. The molecule has 0 aromatic carbocycles. The van der Waals surface area contributed by atoms with Crippen LogP contribution in [0.2, 0.25) is 0 Å². The second kappa shape index (κ2) is 2.96. The second-order valence-electron chi connectivity index (χ2n) is 5.58. The summed E-state index contributed by atoms with van der Waals surface area (Å²) in [6, 6.07) is 0. The van der Waals surface area contributed by atoms with Crippen molar-refractivity contribution in [2.45, 2.75) is 39.2 Å². The van der Waals surface area contributed by atoms with E-state index in [0.29, 0.717) is 0 Å². The second-order valence-corrected chi connectivity index (χ2v) is 5.58. The fourth-order valence-electron chi connectivity index (χ4n) is 2.20. The van der Waals surface area contributed by atoms with Crippen LogP contribution in [0.3, 0.4) is 0 Å². The molecule has 0 radical (unpaired) electrons. The Labute approximate surface area is 85.2 Å². The minimum Gasteiger partial charge on any atom is -0.460 e. The van der Waals surface area contributed by atoms with Crippen LogP contribution in [0.1, 0.15) is 33.6 Å². The highest BCUT2D eigenvalue weighted by Crippen LogP contribution is 2.54.